The van der Waals surface area contributed by atoms with Gasteiger partial charge >= 0.3 is 0 Å². The van der Waals surface area contributed by atoms with Crippen LogP contribution in [-0.2, 0) is 17.1 Å². The average Bonchev–Trinajstić information content (AvgIpc) is 3.03. The molecule has 3 heterocycles. The minimum absolute atomic E-state index is 0.170. The van der Waals surface area contributed by atoms with Crippen molar-refractivity contribution in [1.29, 1.82) is 0 Å². The number of imidazole rings is 1. The zero-order chi connectivity index (χ0) is 20.4. The van der Waals surface area contributed by atoms with Crippen LogP contribution in [0.15, 0.2) is 47.9 Å². The number of carbonyl (C=O) groups excluding carboxylic acids is 1. The Morgan fingerprint density at radius 3 is 2.76 bits per heavy atom. The van der Waals surface area contributed by atoms with Crippen molar-refractivity contribution in [3.8, 4) is 0 Å². The lowest BCUT2D eigenvalue weighted by molar-refractivity contribution is -0.134. The van der Waals surface area contributed by atoms with Gasteiger partial charge in [0, 0.05) is 25.0 Å². The van der Waals surface area contributed by atoms with E-state index in [9.17, 15) is 4.79 Å². The quantitative estimate of drug-likeness (QED) is 0.582. The molecule has 0 bridgehead atoms. The molecular formula is C23H28N4OS. The van der Waals surface area contributed by atoms with Crippen molar-refractivity contribution in [2.24, 2.45) is 11.8 Å². The van der Waals surface area contributed by atoms with Gasteiger partial charge in [-0.15, -0.1) is 0 Å². The summed E-state index contributed by atoms with van der Waals surface area (Å²) < 4.78 is 2.04. The van der Waals surface area contributed by atoms with Gasteiger partial charge in [-0.05, 0) is 36.8 Å². The lowest BCUT2D eigenvalue weighted by Crippen LogP contribution is -2.44. The summed E-state index contributed by atoms with van der Waals surface area (Å²) in [5.74, 6) is 2.10. The summed E-state index contributed by atoms with van der Waals surface area (Å²) in [7, 11) is 0. The standard InChI is InChI=1S/C23H28N4OS/c1-16-5-4-6-19(10-16)15-29-23-25-20-7-8-24-11-21(20)27(23)14-22(28)26-12-17(2)9-18(3)13-26/h4-8,10-11,17-18H,9,12-15H2,1-3H3. The van der Waals surface area contributed by atoms with Gasteiger partial charge in [0.25, 0.3) is 0 Å². The molecule has 2 atom stereocenters. The van der Waals surface area contributed by atoms with Crippen molar-refractivity contribution in [2.75, 3.05) is 13.1 Å². The molecule has 1 saturated heterocycles. The molecule has 4 rings (SSSR count). The molecule has 2 unspecified atom stereocenters. The maximum absolute atomic E-state index is 13.1. The number of hydrogen-bond donors (Lipinski definition) is 0. The van der Waals surface area contributed by atoms with Crippen molar-refractivity contribution in [3.05, 3.63) is 53.9 Å². The van der Waals surface area contributed by atoms with E-state index in [0.717, 1.165) is 35.0 Å². The molecule has 1 aliphatic heterocycles. The Bertz CT molecular complexity index is 1010. The Labute approximate surface area is 176 Å². The van der Waals surface area contributed by atoms with Crippen LogP contribution in [0.3, 0.4) is 0 Å². The number of fused-ring (bicyclic) bond motifs is 1. The van der Waals surface area contributed by atoms with Crippen molar-refractivity contribution in [2.45, 2.75) is 44.6 Å². The minimum Gasteiger partial charge on any atom is -0.341 e. The molecule has 1 amide bonds. The molecule has 5 nitrogen and oxygen atoms in total. The first-order chi connectivity index (χ1) is 14.0. The van der Waals surface area contributed by atoms with Gasteiger partial charge in [-0.25, -0.2) is 4.98 Å². The van der Waals surface area contributed by atoms with Gasteiger partial charge < -0.3 is 9.47 Å². The predicted molar refractivity (Wildman–Crippen MR) is 118 cm³/mol. The van der Waals surface area contributed by atoms with Crippen LogP contribution in [0.1, 0.15) is 31.4 Å². The van der Waals surface area contributed by atoms with Gasteiger partial charge in [0.1, 0.15) is 6.54 Å². The van der Waals surface area contributed by atoms with Crippen LogP contribution < -0.4 is 0 Å². The summed E-state index contributed by atoms with van der Waals surface area (Å²) in [5.41, 5.74) is 4.33. The first-order valence-electron chi connectivity index (χ1n) is 10.3. The summed E-state index contributed by atoms with van der Waals surface area (Å²) in [6.45, 7) is 8.58. The number of amides is 1. The summed E-state index contributed by atoms with van der Waals surface area (Å²) >= 11 is 1.68. The Morgan fingerprint density at radius 2 is 2.00 bits per heavy atom. The summed E-state index contributed by atoms with van der Waals surface area (Å²) in [4.78, 5) is 24.2. The number of benzene rings is 1. The number of aryl methyl sites for hydroxylation is 1. The van der Waals surface area contributed by atoms with Crippen LogP contribution in [0.5, 0.6) is 0 Å². The smallest absolute Gasteiger partial charge is 0.242 e. The van der Waals surface area contributed by atoms with Crippen molar-refractivity contribution in [1.82, 2.24) is 19.4 Å². The molecular weight excluding hydrogens is 380 g/mol. The Balaban J connectivity index is 1.57. The number of rotatable bonds is 5. The van der Waals surface area contributed by atoms with E-state index in [-0.39, 0.29) is 5.91 Å². The third-order valence-electron chi connectivity index (χ3n) is 5.48. The molecule has 0 spiro atoms. The molecule has 152 valence electrons. The maximum Gasteiger partial charge on any atom is 0.242 e. The SMILES string of the molecule is Cc1cccc(CSc2nc3ccncc3n2CC(=O)N2CC(C)CC(C)C2)c1. The van der Waals surface area contributed by atoms with Crippen LogP contribution in [0.25, 0.3) is 11.0 Å². The van der Waals surface area contributed by atoms with E-state index >= 15 is 0 Å². The molecule has 29 heavy (non-hydrogen) atoms. The third kappa shape index (κ3) is 4.64. The Kier molecular flexibility index (Phi) is 5.90. The van der Waals surface area contributed by atoms with E-state index in [1.54, 1.807) is 18.0 Å². The number of piperidine rings is 1. The van der Waals surface area contributed by atoms with Crippen LogP contribution in [-0.4, -0.2) is 38.4 Å². The first kappa shape index (κ1) is 20.0. The topological polar surface area (TPSA) is 51.0 Å². The molecule has 1 aromatic carbocycles. The largest absolute Gasteiger partial charge is 0.341 e. The minimum atomic E-state index is 0.170. The molecule has 0 aliphatic carbocycles. The highest BCUT2D eigenvalue weighted by Gasteiger charge is 2.26. The Hall–Kier alpha value is -2.34. The predicted octanol–water partition coefficient (Wildman–Crippen LogP) is 4.54. The molecule has 1 aliphatic rings. The molecule has 1 fully saturated rings. The maximum atomic E-state index is 13.1. The number of pyridine rings is 1. The molecule has 6 heteroatoms. The second kappa shape index (κ2) is 8.57. The second-order valence-corrected chi connectivity index (χ2v) is 9.31. The van der Waals surface area contributed by atoms with E-state index in [0.29, 0.717) is 18.4 Å². The summed E-state index contributed by atoms with van der Waals surface area (Å²) in [6.07, 6.45) is 4.76. The molecule has 0 saturated carbocycles. The molecule has 0 radical (unpaired) electrons. The summed E-state index contributed by atoms with van der Waals surface area (Å²) in [6, 6.07) is 10.4. The highest BCUT2D eigenvalue weighted by atomic mass is 32.2. The highest BCUT2D eigenvalue weighted by Crippen LogP contribution is 2.28. The van der Waals surface area contributed by atoms with E-state index in [1.165, 1.54) is 17.5 Å². The highest BCUT2D eigenvalue weighted by molar-refractivity contribution is 7.98. The fourth-order valence-corrected chi connectivity index (χ4v) is 5.22. The lowest BCUT2D eigenvalue weighted by Gasteiger charge is -2.35. The third-order valence-corrected chi connectivity index (χ3v) is 6.53. The van der Waals surface area contributed by atoms with Gasteiger partial charge in [0.15, 0.2) is 5.16 Å². The number of carbonyl (C=O) groups is 1. The first-order valence-corrected chi connectivity index (χ1v) is 11.2. The van der Waals surface area contributed by atoms with Gasteiger partial charge in [0.2, 0.25) is 5.91 Å². The van der Waals surface area contributed by atoms with Crippen molar-refractivity contribution >= 4 is 28.7 Å². The van der Waals surface area contributed by atoms with E-state index in [4.69, 9.17) is 4.98 Å². The number of thioether (sulfide) groups is 1. The van der Waals surface area contributed by atoms with E-state index in [2.05, 4.69) is 50.0 Å². The number of aromatic nitrogens is 3. The van der Waals surface area contributed by atoms with Gasteiger partial charge in [-0.3, -0.25) is 9.78 Å². The molecule has 0 N–H and O–H groups in total. The van der Waals surface area contributed by atoms with Gasteiger partial charge in [0.05, 0.1) is 17.2 Å². The fourth-order valence-electron chi connectivity index (χ4n) is 4.26. The lowest BCUT2D eigenvalue weighted by atomic mass is 9.92. The molecule has 2 aromatic heterocycles. The number of hydrogen-bond acceptors (Lipinski definition) is 4. The normalized spacial score (nSPS) is 19.6. The number of likely N-dealkylation sites (tertiary alicyclic amines) is 1. The Morgan fingerprint density at radius 1 is 1.21 bits per heavy atom. The zero-order valence-electron chi connectivity index (χ0n) is 17.3. The average molecular weight is 409 g/mol. The monoisotopic (exact) mass is 408 g/mol. The van der Waals surface area contributed by atoms with Gasteiger partial charge in [-0.2, -0.15) is 0 Å². The zero-order valence-corrected chi connectivity index (χ0v) is 18.2. The van der Waals surface area contributed by atoms with E-state index in [1.807, 2.05) is 21.7 Å². The van der Waals surface area contributed by atoms with Crippen LogP contribution in [0.4, 0.5) is 0 Å². The van der Waals surface area contributed by atoms with Crippen molar-refractivity contribution < 1.29 is 4.79 Å². The number of nitrogens with zero attached hydrogens (tertiary/aromatic N) is 4. The fraction of sp³-hybridized carbons (Fsp3) is 0.435. The van der Waals surface area contributed by atoms with Gasteiger partial charge in [-0.1, -0.05) is 55.4 Å². The van der Waals surface area contributed by atoms with E-state index < -0.39 is 0 Å². The van der Waals surface area contributed by atoms with Crippen molar-refractivity contribution in [3.63, 3.8) is 0 Å². The van der Waals surface area contributed by atoms with Crippen LogP contribution in [0.2, 0.25) is 0 Å². The van der Waals surface area contributed by atoms with Crippen LogP contribution in [0, 0.1) is 18.8 Å². The summed E-state index contributed by atoms with van der Waals surface area (Å²) in [5, 5.41) is 0.876. The van der Waals surface area contributed by atoms with Crippen LogP contribution >= 0.6 is 11.8 Å². The molecule has 3 aromatic rings. The second-order valence-electron chi connectivity index (χ2n) is 8.37.